The van der Waals surface area contributed by atoms with Gasteiger partial charge in [-0.15, -0.1) is 0 Å². The van der Waals surface area contributed by atoms with Crippen LogP contribution in [0, 0.1) is 12.8 Å². The molecule has 1 aliphatic heterocycles. The number of nitrogens with zero attached hydrogens (tertiary/aromatic N) is 1. The summed E-state index contributed by atoms with van der Waals surface area (Å²) in [5.74, 6) is -2.61. The first-order valence-corrected chi connectivity index (χ1v) is 7.41. The SMILES string of the molecule is COc1ccc(C)cc1N1CC(C(=O)NC(CF)C(=O)O)CC1=O. The third-order valence-corrected chi connectivity index (χ3v) is 3.89. The van der Waals surface area contributed by atoms with Crippen LogP contribution in [0.2, 0.25) is 0 Å². The molecule has 0 aliphatic carbocycles. The van der Waals surface area contributed by atoms with Crippen molar-refractivity contribution >= 4 is 23.5 Å². The van der Waals surface area contributed by atoms with Crippen molar-refractivity contribution in [2.24, 2.45) is 5.92 Å². The normalized spacial score (nSPS) is 18.4. The van der Waals surface area contributed by atoms with E-state index < -0.39 is 30.5 Å². The second-order valence-electron chi connectivity index (χ2n) is 5.63. The standard InChI is InChI=1S/C16H19FN2O5/c1-9-3-4-13(24-2)12(5-9)19-8-10(6-14(19)20)15(21)18-11(7-17)16(22)23/h3-5,10-11H,6-8H2,1-2H3,(H,18,21)(H,22,23). The molecular weight excluding hydrogens is 319 g/mol. The van der Waals surface area contributed by atoms with Gasteiger partial charge in [0, 0.05) is 13.0 Å². The number of hydrogen-bond acceptors (Lipinski definition) is 4. The first-order chi connectivity index (χ1) is 11.4. The molecule has 0 aromatic heterocycles. The maximum absolute atomic E-state index is 12.6. The topological polar surface area (TPSA) is 95.9 Å². The van der Waals surface area contributed by atoms with Crippen molar-refractivity contribution < 1.29 is 28.6 Å². The summed E-state index contributed by atoms with van der Waals surface area (Å²) in [6, 6.07) is 3.74. The Labute approximate surface area is 138 Å². The van der Waals surface area contributed by atoms with Crippen molar-refractivity contribution in [3.8, 4) is 5.75 Å². The van der Waals surface area contributed by atoms with Crippen molar-refractivity contribution in [3.05, 3.63) is 23.8 Å². The molecule has 1 aromatic rings. The number of carbonyl (C=O) groups excluding carboxylic acids is 2. The highest BCUT2D eigenvalue weighted by atomic mass is 19.1. The van der Waals surface area contributed by atoms with Crippen LogP contribution in [0.5, 0.6) is 5.75 Å². The lowest BCUT2D eigenvalue weighted by Gasteiger charge is -2.20. The molecule has 1 aliphatic rings. The average Bonchev–Trinajstić information content (AvgIpc) is 2.93. The first-order valence-electron chi connectivity index (χ1n) is 7.41. The number of aliphatic carboxylic acids is 1. The number of carboxylic acid groups (broad SMARTS) is 1. The summed E-state index contributed by atoms with van der Waals surface area (Å²) in [6.07, 6.45) is -0.0679. The van der Waals surface area contributed by atoms with Gasteiger partial charge in [0.1, 0.15) is 12.4 Å². The van der Waals surface area contributed by atoms with Gasteiger partial charge in [-0.05, 0) is 24.6 Å². The summed E-state index contributed by atoms with van der Waals surface area (Å²) in [5.41, 5.74) is 1.48. The molecule has 24 heavy (non-hydrogen) atoms. The minimum Gasteiger partial charge on any atom is -0.495 e. The second-order valence-corrected chi connectivity index (χ2v) is 5.63. The van der Waals surface area contributed by atoms with E-state index in [0.29, 0.717) is 11.4 Å². The predicted molar refractivity (Wildman–Crippen MR) is 83.7 cm³/mol. The Balaban J connectivity index is 2.15. The summed E-state index contributed by atoms with van der Waals surface area (Å²) in [4.78, 5) is 36.6. The number of halogens is 1. The number of carboxylic acids is 1. The molecule has 2 unspecified atom stereocenters. The zero-order valence-electron chi connectivity index (χ0n) is 13.4. The number of anilines is 1. The van der Waals surface area contributed by atoms with Crippen LogP contribution in [-0.2, 0) is 14.4 Å². The van der Waals surface area contributed by atoms with Crippen LogP contribution in [0.3, 0.4) is 0 Å². The van der Waals surface area contributed by atoms with Crippen molar-refractivity contribution in [1.82, 2.24) is 5.32 Å². The Hall–Kier alpha value is -2.64. The van der Waals surface area contributed by atoms with Crippen LogP contribution in [0.4, 0.5) is 10.1 Å². The Morgan fingerprint density at radius 2 is 2.21 bits per heavy atom. The van der Waals surface area contributed by atoms with E-state index in [4.69, 9.17) is 9.84 Å². The number of benzene rings is 1. The highest BCUT2D eigenvalue weighted by Gasteiger charge is 2.37. The van der Waals surface area contributed by atoms with Gasteiger partial charge in [0.05, 0.1) is 18.7 Å². The fourth-order valence-corrected chi connectivity index (χ4v) is 2.58. The van der Waals surface area contributed by atoms with Crippen molar-refractivity contribution in [2.45, 2.75) is 19.4 Å². The van der Waals surface area contributed by atoms with E-state index in [2.05, 4.69) is 5.32 Å². The zero-order valence-corrected chi connectivity index (χ0v) is 13.4. The zero-order chi connectivity index (χ0) is 17.9. The third kappa shape index (κ3) is 3.64. The minimum absolute atomic E-state index is 0.0679. The number of amides is 2. The molecular formula is C16H19FN2O5. The molecule has 0 radical (unpaired) electrons. The van der Waals surface area contributed by atoms with Crippen LogP contribution in [0.25, 0.3) is 0 Å². The summed E-state index contributed by atoms with van der Waals surface area (Å²) in [5, 5.41) is 10.9. The van der Waals surface area contributed by atoms with Gasteiger partial charge in [-0.1, -0.05) is 6.07 Å². The number of aryl methyl sites for hydroxylation is 1. The fourth-order valence-electron chi connectivity index (χ4n) is 2.58. The number of alkyl halides is 1. The maximum atomic E-state index is 12.6. The number of carbonyl (C=O) groups is 3. The van der Waals surface area contributed by atoms with E-state index in [1.165, 1.54) is 12.0 Å². The predicted octanol–water partition coefficient (Wildman–Crippen LogP) is 0.895. The van der Waals surface area contributed by atoms with Crippen molar-refractivity contribution in [2.75, 3.05) is 25.2 Å². The van der Waals surface area contributed by atoms with Gasteiger partial charge >= 0.3 is 5.97 Å². The van der Waals surface area contributed by atoms with Gasteiger partial charge in [-0.25, -0.2) is 9.18 Å². The molecule has 2 amide bonds. The van der Waals surface area contributed by atoms with E-state index in [1.807, 2.05) is 13.0 Å². The molecule has 130 valence electrons. The lowest BCUT2D eigenvalue weighted by atomic mass is 10.1. The molecule has 0 spiro atoms. The smallest absolute Gasteiger partial charge is 0.328 e. The van der Waals surface area contributed by atoms with Crippen molar-refractivity contribution in [3.63, 3.8) is 0 Å². The third-order valence-electron chi connectivity index (χ3n) is 3.89. The molecule has 2 rings (SSSR count). The van der Waals surface area contributed by atoms with E-state index >= 15 is 0 Å². The van der Waals surface area contributed by atoms with Gasteiger partial charge in [-0.3, -0.25) is 9.59 Å². The van der Waals surface area contributed by atoms with Gasteiger partial charge in [0.2, 0.25) is 11.8 Å². The van der Waals surface area contributed by atoms with Gasteiger partial charge < -0.3 is 20.1 Å². The number of methoxy groups -OCH3 is 1. The summed E-state index contributed by atoms with van der Waals surface area (Å²) in [7, 11) is 1.48. The summed E-state index contributed by atoms with van der Waals surface area (Å²) >= 11 is 0. The summed E-state index contributed by atoms with van der Waals surface area (Å²) in [6.45, 7) is 0.743. The number of ether oxygens (including phenoxy) is 1. The lowest BCUT2D eigenvalue weighted by molar-refractivity contribution is -0.142. The summed E-state index contributed by atoms with van der Waals surface area (Å²) < 4.78 is 17.9. The van der Waals surface area contributed by atoms with Gasteiger partial charge in [0.15, 0.2) is 6.04 Å². The van der Waals surface area contributed by atoms with Crippen LogP contribution in [-0.4, -0.2) is 49.3 Å². The van der Waals surface area contributed by atoms with E-state index in [-0.39, 0.29) is 18.9 Å². The Kier molecular flexibility index (Phi) is 5.38. The molecule has 1 aromatic carbocycles. The monoisotopic (exact) mass is 338 g/mol. The molecule has 0 saturated carbocycles. The van der Waals surface area contributed by atoms with E-state index in [9.17, 15) is 18.8 Å². The molecule has 7 nitrogen and oxygen atoms in total. The van der Waals surface area contributed by atoms with Crippen LogP contribution < -0.4 is 15.0 Å². The van der Waals surface area contributed by atoms with Gasteiger partial charge in [-0.2, -0.15) is 0 Å². The Morgan fingerprint density at radius 1 is 1.50 bits per heavy atom. The number of hydrogen-bond donors (Lipinski definition) is 2. The molecule has 1 saturated heterocycles. The molecule has 1 fully saturated rings. The Bertz CT molecular complexity index is 664. The van der Waals surface area contributed by atoms with E-state index in [0.717, 1.165) is 5.56 Å². The van der Waals surface area contributed by atoms with Crippen LogP contribution in [0.1, 0.15) is 12.0 Å². The fraction of sp³-hybridized carbons (Fsp3) is 0.438. The molecule has 8 heteroatoms. The number of nitrogens with one attached hydrogen (secondary N) is 1. The average molecular weight is 338 g/mol. The highest BCUT2D eigenvalue weighted by Crippen LogP contribution is 2.33. The number of rotatable bonds is 6. The van der Waals surface area contributed by atoms with Crippen LogP contribution in [0.15, 0.2) is 18.2 Å². The maximum Gasteiger partial charge on any atom is 0.328 e. The molecule has 2 N–H and O–H groups in total. The first kappa shape index (κ1) is 17.7. The largest absolute Gasteiger partial charge is 0.495 e. The minimum atomic E-state index is -1.60. The van der Waals surface area contributed by atoms with E-state index in [1.54, 1.807) is 12.1 Å². The van der Waals surface area contributed by atoms with Crippen molar-refractivity contribution in [1.29, 1.82) is 0 Å². The van der Waals surface area contributed by atoms with Crippen LogP contribution >= 0.6 is 0 Å². The molecule has 0 bridgehead atoms. The quantitative estimate of drug-likeness (QED) is 0.803. The molecule has 1 heterocycles. The molecule has 2 atom stereocenters. The Morgan fingerprint density at radius 3 is 2.79 bits per heavy atom. The second kappa shape index (κ2) is 7.29. The van der Waals surface area contributed by atoms with Gasteiger partial charge in [0.25, 0.3) is 0 Å². The highest BCUT2D eigenvalue weighted by molar-refractivity contribution is 6.01. The lowest BCUT2D eigenvalue weighted by Crippen LogP contribution is -2.45.